The van der Waals surface area contributed by atoms with Crippen molar-refractivity contribution in [1.29, 1.82) is 0 Å². The summed E-state index contributed by atoms with van der Waals surface area (Å²) in [4.78, 5) is 71.6. The van der Waals surface area contributed by atoms with Crippen LogP contribution in [0.2, 0.25) is 0 Å². The van der Waals surface area contributed by atoms with Crippen molar-refractivity contribution >= 4 is 58.2 Å². The Kier molecular flexibility index (Phi) is 16.5. The van der Waals surface area contributed by atoms with Crippen LogP contribution in [0.15, 0.2) is 47.6 Å². The van der Waals surface area contributed by atoms with E-state index < -0.39 is 71.3 Å². The molecule has 0 aliphatic carbocycles. The standard InChI is InChI=1S/C39H52FN7O12S/c1-12-18-54-35(52)43-30-25(20-47(46(30)11)17-13-16-41-34(51)57-38(5,6)7)24-15-14-23(19-26(24)40)55-21-28(32(50)56-37(2,3)4)59-45-29(31(48)49)27-22-60-33(42-27)44-36(53)58-39(8,9)10/h12,14-15,19-20,22,28H,1,13,16-18,21H2,2-11H3,(H3,41,42,44,48,49,51,53)/p+1. The van der Waals surface area contributed by atoms with Crippen molar-refractivity contribution in [2.24, 2.45) is 12.2 Å². The second-order valence-electron chi connectivity index (χ2n) is 15.9. The number of oxime groups is 1. The van der Waals surface area contributed by atoms with Crippen molar-refractivity contribution < 1.29 is 66.7 Å². The summed E-state index contributed by atoms with van der Waals surface area (Å²) in [5, 5.41) is 22.6. The molecule has 0 fully saturated rings. The first-order valence-electron chi connectivity index (χ1n) is 18.6. The number of amides is 3. The molecule has 0 spiro atoms. The van der Waals surface area contributed by atoms with Gasteiger partial charge in [-0.25, -0.2) is 33.3 Å². The van der Waals surface area contributed by atoms with Crippen molar-refractivity contribution in [2.45, 2.75) is 98.2 Å². The van der Waals surface area contributed by atoms with Crippen molar-refractivity contribution in [3.05, 3.63) is 53.9 Å². The third-order valence-corrected chi connectivity index (χ3v) is 7.92. The van der Waals surface area contributed by atoms with E-state index in [1.165, 1.54) is 23.6 Å². The van der Waals surface area contributed by atoms with Gasteiger partial charge in [0.1, 0.15) is 47.3 Å². The summed E-state index contributed by atoms with van der Waals surface area (Å²) in [7, 11) is 1.65. The number of halogens is 1. The van der Waals surface area contributed by atoms with Crippen LogP contribution < -0.4 is 25.4 Å². The number of ether oxygens (including phenoxy) is 5. The minimum absolute atomic E-state index is 0.0131. The maximum absolute atomic E-state index is 16.0. The molecule has 0 aliphatic rings. The molecule has 60 heavy (non-hydrogen) atoms. The molecule has 21 heteroatoms. The Labute approximate surface area is 350 Å². The number of esters is 1. The normalized spacial score (nSPS) is 12.4. The van der Waals surface area contributed by atoms with E-state index in [-0.39, 0.29) is 46.7 Å². The molecule has 0 saturated heterocycles. The Hall–Kier alpha value is -6.25. The Morgan fingerprint density at radius 1 is 0.967 bits per heavy atom. The minimum Gasteiger partial charge on any atom is -0.489 e. The lowest BCUT2D eigenvalue weighted by Crippen LogP contribution is -2.43. The van der Waals surface area contributed by atoms with Crippen molar-refractivity contribution in [1.82, 2.24) is 15.0 Å². The highest BCUT2D eigenvalue weighted by molar-refractivity contribution is 7.14. The molecular formula is C39H53FN7O12S+. The van der Waals surface area contributed by atoms with E-state index in [2.05, 4.69) is 32.7 Å². The van der Waals surface area contributed by atoms with Crippen LogP contribution in [0.5, 0.6) is 5.75 Å². The predicted molar refractivity (Wildman–Crippen MR) is 217 cm³/mol. The zero-order valence-electron chi connectivity index (χ0n) is 35.3. The Balaban J connectivity index is 1.85. The third kappa shape index (κ3) is 15.8. The molecule has 0 radical (unpaired) electrons. The van der Waals surface area contributed by atoms with Gasteiger partial charge in [-0.05, 0) is 74.4 Å². The number of nitrogens with zero attached hydrogens (tertiary/aromatic N) is 4. The number of rotatable bonds is 17. The average Bonchev–Trinajstić information content (AvgIpc) is 3.67. The molecule has 1 atom stereocenters. The summed E-state index contributed by atoms with van der Waals surface area (Å²) < 4.78 is 46.0. The van der Waals surface area contributed by atoms with Gasteiger partial charge >= 0.3 is 30.2 Å². The molecule has 19 nitrogen and oxygen atoms in total. The molecule has 328 valence electrons. The first kappa shape index (κ1) is 48.1. The van der Waals surface area contributed by atoms with Gasteiger partial charge in [0.05, 0.1) is 12.6 Å². The number of alkyl carbamates (subject to hydrolysis) is 1. The van der Waals surface area contributed by atoms with Gasteiger partial charge in [-0.3, -0.25) is 10.6 Å². The van der Waals surface area contributed by atoms with E-state index in [1.807, 2.05) is 0 Å². The first-order chi connectivity index (χ1) is 27.9. The molecule has 1 aromatic carbocycles. The molecule has 4 N–H and O–H groups in total. The summed E-state index contributed by atoms with van der Waals surface area (Å²) in [6, 6.07) is 3.85. The smallest absolute Gasteiger partial charge is 0.413 e. The fourth-order valence-corrected chi connectivity index (χ4v) is 5.48. The molecule has 2 aromatic heterocycles. The number of hydrogen-bond acceptors (Lipinski definition) is 14. The number of carboxylic acid groups (broad SMARTS) is 1. The van der Waals surface area contributed by atoms with Gasteiger partial charge in [0, 0.05) is 30.0 Å². The lowest BCUT2D eigenvalue weighted by molar-refractivity contribution is -0.772. The monoisotopic (exact) mass is 862 g/mol. The quantitative estimate of drug-likeness (QED) is 0.0227. The molecule has 0 aliphatic heterocycles. The summed E-state index contributed by atoms with van der Waals surface area (Å²) >= 11 is 0.896. The highest BCUT2D eigenvalue weighted by Crippen LogP contribution is 2.32. The number of aliphatic carboxylic acids is 1. The summed E-state index contributed by atoms with van der Waals surface area (Å²) in [6.45, 7) is 18.5. The van der Waals surface area contributed by atoms with Gasteiger partial charge in [-0.2, -0.15) is 0 Å². The van der Waals surface area contributed by atoms with Gasteiger partial charge in [-0.1, -0.05) is 17.8 Å². The van der Waals surface area contributed by atoms with E-state index in [1.54, 1.807) is 84.9 Å². The SMILES string of the molecule is C=CCOC(=O)Nc1c(-c2ccc(OCC(ON=C(C(=O)O)c3csc(NC(=O)OC(C)(C)C)n3)C(=O)OC(C)(C)C)cc2F)c[n+](CCCNC(=O)OC(C)(C)C)n1C. The first-order valence-corrected chi connectivity index (χ1v) is 19.4. The topological polar surface area (TPSA) is 231 Å². The highest BCUT2D eigenvalue weighted by Gasteiger charge is 2.31. The fourth-order valence-electron chi connectivity index (χ4n) is 4.80. The average molecular weight is 863 g/mol. The van der Waals surface area contributed by atoms with Crippen LogP contribution in [-0.4, -0.2) is 93.4 Å². The van der Waals surface area contributed by atoms with Gasteiger partial charge < -0.3 is 38.9 Å². The molecule has 2 heterocycles. The predicted octanol–water partition coefficient (Wildman–Crippen LogP) is 6.17. The summed E-state index contributed by atoms with van der Waals surface area (Å²) in [5.74, 6) is -3.17. The van der Waals surface area contributed by atoms with Crippen LogP contribution in [-0.2, 0) is 47.0 Å². The molecule has 3 rings (SSSR count). The minimum atomic E-state index is -1.64. The number of benzene rings is 1. The van der Waals surface area contributed by atoms with E-state index in [4.69, 9.17) is 28.5 Å². The van der Waals surface area contributed by atoms with Crippen LogP contribution in [0.1, 0.15) is 74.4 Å². The zero-order chi connectivity index (χ0) is 45.0. The van der Waals surface area contributed by atoms with Crippen LogP contribution >= 0.6 is 11.3 Å². The Morgan fingerprint density at radius 2 is 1.62 bits per heavy atom. The maximum atomic E-state index is 16.0. The number of carbonyl (C=O) groups is 5. The van der Waals surface area contributed by atoms with Crippen molar-refractivity contribution in [3.8, 4) is 16.9 Å². The van der Waals surface area contributed by atoms with Crippen LogP contribution in [0.4, 0.5) is 29.7 Å². The van der Waals surface area contributed by atoms with Crippen LogP contribution in [0, 0.1) is 5.82 Å². The Bertz CT molecular complexity index is 2060. The van der Waals surface area contributed by atoms with Gasteiger partial charge in [0.25, 0.3) is 6.10 Å². The van der Waals surface area contributed by atoms with Crippen LogP contribution in [0.25, 0.3) is 11.1 Å². The Morgan fingerprint density at radius 3 is 2.22 bits per heavy atom. The lowest BCUT2D eigenvalue weighted by atomic mass is 10.1. The maximum Gasteiger partial charge on any atom is 0.413 e. The summed E-state index contributed by atoms with van der Waals surface area (Å²) in [5.41, 5.74) is -3.01. The molecule has 3 amide bonds. The van der Waals surface area contributed by atoms with Crippen molar-refractivity contribution in [3.63, 3.8) is 0 Å². The fraction of sp³-hybridized carbons (Fsp3) is 0.487. The summed E-state index contributed by atoms with van der Waals surface area (Å²) in [6.07, 6.45) is -0.388. The molecular weight excluding hydrogens is 810 g/mol. The second kappa shape index (κ2) is 20.6. The molecule has 0 saturated carbocycles. The molecule has 3 aromatic rings. The van der Waals surface area contributed by atoms with Crippen LogP contribution in [0.3, 0.4) is 0 Å². The van der Waals surface area contributed by atoms with Gasteiger partial charge in [-0.15, -0.1) is 20.7 Å². The number of aromatic nitrogens is 3. The van der Waals surface area contributed by atoms with Crippen molar-refractivity contribution in [2.75, 3.05) is 30.4 Å². The van der Waals surface area contributed by atoms with E-state index >= 15 is 4.39 Å². The number of carboxylic acids is 1. The number of anilines is 2. The molecule has 0 bridgehead atoms. The van der Waals surface area contributed by atoms with Gasteiger partial charge in [0.15, 0.2) is 17.5 Å². The zero-order valence-corrected chi connectivity index (χ0v) is 36.1. The van der Waals surface area contributed by atoms with E-state index in [9.17, 15) is 29.1 Å². The number of hydrogen-bond donors (Lipinski definition) is 4. The van der Waals surface area contributed by atoms with E-state index in [0.717, 1.165) is 17.4 Å². The van der Waals surface area contributed by atoms with E-state index in [0.29, 0.717) is 13.0 Å². The third-order valence-electron chi connectivity index (χ3n) is 7.16. The number of nitrogens with one attached hydrogen (secondary N) is 3. The number of carbonyl (C=O) groups excluding carboxylic acids is 4. The highest BCUT2D eigenvalue weighted by atomic mass is 32.1. The number of aryl methyl sites for hydroxylation is 1. The second-order valence-corrected chi connectivity index (χ2v) is 16.7. The largest absolute Gasteiger partial charge is 0.489 e. The molecule has 1 unspecified atom stereocenters. The van der Waals surface area contributed by atoms with Gasteiger partial charge in [0.2, 0.25) is 11.9 Å². The lowest BCUT2D eigenvalue weighted by Gasteiger charge is -2.23. The number of thiazole rings is 1.